The fraction of sp³-hybridized carbons (Fsp3) is 0.636. The lowest BCUT2D eigenvalue weighted by Crippen LogP contribution is -2.33. The molecule has 1 aromatic heterocycles. The van der Waals surface area contributed by atoms with Crippen LogP contribution in [0.3, 0.4) is 0 Å². The molecule has 0 bridgehead atoms. The third-order valence-electron chi connectivity index (χ3n) is 4.17. The zero-order valence-corrected chi connectivity index (χ0v) is 19.7. The number of ether oxygens (including phenoxy) is 1. The highest BCUT2D eigenvalue weighted by Crippen LogP contribution is 2.77. The standard InChI is InChI=1S/C11H16F2N5O11P3S/c1-5-3-18(10(20)15-9(5)19)8-2-6(16-17-14)7(28-8)4-27-32(26,33)29-31(24,25)11(12,13)30(21,22)23/h3,6-8H,2,4H2,1H3,(H,24,25)(H,26,33)(H,15,19,20)(H2,21,22,23)/t6?,7-,8-,32?/m1/s1. The molecular formula is C11H16F2N5O11P3S. The van der Waals surface area contributed by atoms with Gasteiger partial charge in [-0.2, -0.15) is 8.78 Å². The highest BCUT2D eigenvalue weighted by Gasteiger charge is 2.66. The van der Waals surface area contributed by atoms with Crippen LogP contribution in [-0.2, 0) is 34.5 Å². The third-order valence-corrected chi connectivity index (χ3v) is 10.2. The molecule has 5 atom stereocenters. The van der Waals surface area contributed by atoms with Gasteiger partial charge in [-0.1, -0.05) is 5.11 Å². The summed E-state index contributed by atoms with van der Waals surface area (Å²) in [5.41, 5.74) is 7.33. The maximum atomic E-state index is 13.5. The highest BCUT2D eigenvalue weighted by molar-refractivity contribution is 8.08. The molecule has 33 heavy (non-hydrogen) atoms. The summed E-state index contributed by atoms with van der Waals surface area (Å²) in [7, 11) is -13.0. The van der Waals surface area contributed by atoms with Crippen molar-refractivity contribution in [3.8, 4) is 0 Å². The SMILES string of the molecule is Cc1cn([C@H]2CC(N=[N+]=[N-])[C@@H](COP(O)(=S)OP(=O)(O)C(F)(F)P(=O)(O)O)O2)c(=O)[nH]c1=O. The van der Waals surface area contributed by atoms with E-state index in [9.17, 15) is 37.3 Å². The Morgan fingerprint density at radius 1 is 1.39 bits per heavy atom. The van der Waals surface area contributed by atoms with Crippen molar-refractivity contribution in [2.24, 2.45) is 5.11 Å². The molecule has 0 aromatic carbocycles. The molecule has 0 spiro atoms. The summed E-state index contributed by atoms with van der Waals surface area (Å²) in [5.74, 6) is 0. The van der Waals surface area contributed by atoms with Gasteiger partial charge in [0, 0.05) is 23.1 Å². The van der Waals surface area contributed by atoms with E-state index in [-0.39, 0.29) is 12.0 Å². The van der Waals surface area contributed by atoms with Crippen LogP contribution < -0.4 is 11.2 Å². The zero-order valence-electron chi connectivity index (χ0n) is 16.2. The van der Waals surface area contributed by atoms with E-state index >= 15 is 0 Å². The lowest BCUT2D eigenvalue weighted by atomic mass is 10.1. The number of hydrogen-bond acceptors (Lipinski definition) is 9. The van der Waals surface area contributed by atoms with Crippen molar-refractivity contribution < 1.29 is 51.1 Å². The first-order chi connectivity index (χ1) is 14.9. The topological polar surface area (TPSA) is 246 Å². The van der Waals surface area contributed by atoms with Crippen LogP contribution in [0.1, 0.15) is 18.2 Å². The van der Waals surface area contributed by atoms with Crippen LogP contribution in [0, 0.1) is 6.92 Å². The molecule has 0 amide bonds. The molecule has 0 saturated carbocycles. The lowest BCUT2D eigenvalue weighted by Gasteiger charge is -2.26. The lowest BCUT2D eigenvalue weighted by molar-refractivity contribution is -0.0243. The van der Waals surface area contributed by atoms with E-state index in [1.54, 1.807) is 0 Å². The summed E-state index contributed by atoms with van der Waals surface area (Å²) in [6.07, 6.45) is -1.39. The van der Waals surface area contributed by atoms with E-state index in [1.807, 2.05) is 4.98 Å². The average Bonchev–Trinajstić information content (AvgIpc) is 3.04. The number of hydrogen-bond donors (Lipinski definition) is 5. The van der Waals surface area contributed by atoms with Gasteiger partial charge in [-0.15, -0.1) is 0 Å². The highest BCUT2D eigenvalue weighted by atomic mass is 32.5. The summed E-state index contributed by atoms with van der Waals surface area (Å²) in [4.78, 5) is 64.4. The number of halogens is 2. The van der Waals surface area contributed by atoms with Gasteiger partial charge in [-0.25, -0.2) is 9.11 Å². The second-order valence-electron chi connectivity index (χ2n) is 6.54. The Kier molecular flexibility index (Phi) is 8.24. The van der Waals surface area contributed by atoms with Crippen molar-refractivity contribution >= 4 is 33.7 Å². The van der Waals surface area contributed by atoms with Gasteiger partial charge in [-0.05, 0) is 24.3 Å². The van der Waals surface area contributed by atoms with E-state index in [2.05, 4.69) is 30.7 Å². The van der Waals surface area contributed by atoms with E-state index in [4.69, 9.17) is 20.1 Å². The summed E-state index contributed by atoms with van der Waals surface area (Å²) < 4.78 is 64.5. The molecular weight excluding hydrogens is 541 g/mol. The maximum Gasteiger partial charge on any atom is 0.444 e. The summed E-state index contributed by atoms with van der Waals surface area (Å²) >= 11 is 4.35. The predicted octanol–water partition coefficient (Wildman–Crippen LogP) is 0.975. The normalized spacial score (nSPS) is 25.1. The molecule has 0 radical (unpaired) electrons. The van der Waals surface area contributed by atoms with E-state index < -0.39 is 63.5 Å². The second kappa shape index (κ2) is 9.74. The minimum atomic E-state index is -6.53. The molecule has 1 fully saturated rings. The Labute approximate surface area is 186 Å². The van der Waals surface area contributed by atoms with Crippen LogP contribution in [0.15, 0.2) is 20.9 Å². The van der Waals surface area contributed by atoms with Crippen LogP contribution >= 0.6 is 21.9 Å². The van der Waals surface area contributed by atoms with Crippen LogP contribution in [0.4, 0.5) is 8.78 Å². The number of rotatable bonds is 9. The molecule has 1 aromatic rings. The van der Waals surface area contributed by atoms with E-state index in [1.165, 1.54) is 6.92 Å². The van der Waals surface area contributed by atoms with Crippen LogP contribution in [-0.4, -0.2) is 53.3 Å². The molecule has 1 saturated heterocycles. The summed E-state index contributed by atoms with van der Waals surface area (Å²) in [6.45, 7) is -4.50. The quantitative estimate of drug-likeness (QED) is 0.123. The molecule has 2 heterocycles. The number of azide groups is 1. The first-order valence-corrected chi connectivity index (χ1v) is 14.2. The fourth-order valence-corrected chi connectivity index (χ4v) is 7.25. The average molecular weight is 557 g/mol. The molecule has 22 heteroatoms. The second-order valence-corrected chi connectivity index (χ2v) is 13.4. The Hall–Kier alpha value is -1.32. The third kappa shape index (κ3) is 6.22. The molecule has 186 valence electrons. The molecule has 0 aliphatic carbocycles. The molecule has 1 aliphatic rings. The van der Waals surface area contributed by atoms with Gasteiger partial charge in [0.2, 0.25) is 0 Å². The Balaban J connectivity index is 2.19. The Bertz CT molecular complexity index is 1230. The van der Waals surface area contributed by atoms with Gasteiger partial charge >= 0.3 is 33.0 Å². The van der Waals surface area contributed by atoms with E-state index in [0.717, 1.165) is 10.8 Å². The molecule has 1 aliphatic heterocycles. The van der Waals surface area contributed by atoms with Crippen molar-refractivity contribution in [3.63, 3.8) is 0 Å². The molecule has 5 N–H and O–H groups in total. The Morgan fingerprint density at radius 3 is 2.55 bits per heavy atom. The number of nitrogens with one attached hydrogen (secondary N) is 1. The molecule has 16 nitrogen and oxygen atoms in total. The smallest absolute Gasteiger partial charge is 0.352 e. The van der Waals surface area contributed by atoms with Crippen LogP contribution in [0.2, 0.25) is 0 Å². The van der Waals surface area contributed by atoms with Crippen molar-refractivity contribution in [1.82, 2.24) is 9.55 Å². The number of alkyl halides is 2. The van der Waals surface area contributed by atoms with Gasteiger partial charge in [0.15, 0.2) is 0 Å². The zero-order chi connectivity index (χ0) is 25.4. The van der Waals surface area contributed by atoms with Crippen molar-refractivity contribution in [3.05, 3.63) is 43.0 Å². The number of H-pyrrole nitrogens is 1. The van der Waals surface area contributed by atoms with Gasteiger partial charge in [0.05, 0.1) is 18.8 Å². The molecule has 3 unspecified atom stereocenters. The summed E-state index contributed by atoms with van der Waals surface area (Å²) in [5, 5.41) is -2.18. The summed E-state index contributed by atoms with van der Waals surface area (Å²) in [6, 6.07) is -1.08. The van der Waals surface area contributed by atoms with Crippen LogP contribution in [0.5, 0.6) is 0 Å². The molecule has 2 rings (SSSR count). The van der Waals surface area contributed by atoms with Gasteiger partial charge in [0.1, 0.15) is 6.23 Å². The van der Waals surface area contributed by atoms with Crippen LogP contribution in [0.25, 0.3) is 10.4 Å². The number of aromatic nitrogens is 2. The van der Waals surface area contributed by atoms with Crippen molar-refractivity contribution in [1.29, 1.82) is 0 Å². The first kappa shape index (κ1) is 27.9. The number of nitrogens with zero attached hydrogens (tertiary/aromatic N) is 4. The fourth-order valence-electron chi connectivity index (χ4n) is 2.57. The number of aryl methyl sites for hydroxylation is 1. The number of aromatic amines is 1. The largest absolute Gasteiger partial charge is 0.444 e. The first-order valence-electron chi connectivity index (χ1n) is 8.38. The minimum Gasteiger partial charge on any atom is -0.352 e. The van der Waals surface area contributed by atoms with Gasteiger partial charge in [0.25, 0.3) is 5.56 Å². The predicted molar refractivity (Wildman–Crippen MR) is 108 cm³/mol. The van der Waals surface area contributed by atoms with Crippen molar-refractivity contribution in [2.75, 3.05) is 6.61 Å². The van der Waals surface area contributed by atoms with Gasteiger partial charge < -0.3 is 28.8 Å². The maximum absolute atomic E-state index is 13.5. The van der Waals surface area contributed by atoms with E-state index in [0.29, 0.717) is 0 Å². The van der Waals surface area contributed by atoms with Gasteiger partial charge in [-0.3, -0.25) is 23.5 Å². The Morgan fingerprint density at radius 2 is 2.00 bits per heavy atom. The minimum absolute atomic E-state index is 0.141. The van der Waals surface area contributed by atoms with Crippen molar-refractivity contribution in [2.45, 2.75) is 37.1 Å². The monoisotopic (exact) mass is 557 g/mol.